The molecule has 6 heteroatoms. The standard InChI is InChI=1S/C15H23ClN2O3/c1-5-17-9-11-7-12(16)14(13(8-11)20-4)21-10(3)15(19)18-6-2/h7-8,10,17H,5-6,9H2,1-4H3,(H,18,19). The smallest absolute Gasteiger partial charge is 0.260 e. The molecule has 1 unspecified atom stereocenters. The van der Waals surface area contributed by atoms with Crippen molar-refractivity contribution in [1.82, 2.24) is 10.6 Å². The zero-order valence-corrected chi connectivity index (χ0v) is 13.7. The SMILES string of the molecule is CCNCc1cc(Cl)c(OC(C)C(=O)NCC)c(OC)c1. The van der Waals surface area contributed by atoms with Gasteiger partial charge in [0.25, 0.3) is 5.91 Å². The number of likely N-dealkylation sites (N-methyl/N-ethyl adjacent to an activating group) is 1. The summed E-state index contributed by atoms with van der Waals surface area (Å²) in [6.45, 7) is 7.68. The molecule has 2 N–H and O–H groups in total. The van der Waals surface area contributed by atoms with Crippen molar-refractivity contribution in [2.24, 2.45) is 0 Å². The number of rotatable bonds is 8. The van der Waals surface area contributed by atoms with Crippen LogP contribution in [-0.4, -0.2) is 32.2 Å². The van der Waals surface area contributed by atoms with Crippen LogP contribution in [0.3, 0.4) is 0 Å². The molecule has 1 amide bonds. The number of carbonyl (C=O) groups excluding carboxylic acids is 1. The van der Waals surface area contributed by atoms with Gasteiger partial charge in [-0.2, -0.15) is 0 Å². The highest BCUT2D eigenvalue weighted by atomic mass is 35.5. The molecule has 0 radical (unpaired) electrons. The lowest BCUT2D eigenvalue weighted by atomic mass is 10.2. The number of hydrogen-bond donors (Lipinski definition) is 2. The monoisotopic (exact) mass is 314 g/mol. The molecule has 0 spiro atoms. The van der Waals surface area contributed by atoms with Gasteiger partial charge < -0.3 is 20.1 Å². The van der Waals surface area contributed by atoms with Crippen LogP contribution in [0.5, 0.6) is 11.5 Å². The molecule has 0 heterocycles. The Morgan fingerprint density at radius 1 is 1.33 bits per heavy atom. The second-order valence-electron chi connectivity index (χ2n) is 4.54. The summed E-state index contributed by atoms with van der Waals surface area (Å²) in [4.78, 5) is 11.7. The van der Waals surface area contributed by atoms with Crippen molar-refractivity contribution in [3.05, 3.63) is 22.7 Å². The van der Waals surface area contributed by atoms with E-state index in [0.717, 1.165) is 12.1 Å². The zero-order valence-electron chi connectivity index (χ0n) is 13.0. The molecule has 1 aromatic carbocycles. The van der Waals surface area contributed by atoms with E-state index in [9.17, 15) is 4.79 Å². The number of ether oxygens (including phenoxy) is 2. The summed E-state index contributed by atoms with van der Waals surface area (Å²) in [5.41, 5.74) is 0.997. The summed E-state index contributed by atoms with van der Waals surface area (Å²) in [6.07, 6.45) is -0.643. The fourth-order valence-corrected chi connectivity index (χ4v) is 2.09. The van der Waals surface area contributed by atoms with Crippen molar-refractivity contribution in [2.75, 3.05) is 20.2 Å². The van der Waals surface area contributed by atoms with Crippen LogP contribution < -0.4 is 20.1 Å². The van der Waals surface area contributed by atoms with Crippen molar-refractivity contribution in [3.8, 4) is 11.5 Å². The molecule has 1 rings (SSSR count). The van der Waals surface area contributed by atoms with Crippen molar-refractivity contribution < 1.29 is 14.3 Å². The van der Waals surface area contributed by atoms with Gasteiger partial charge in [-0.15, -0.1) is 0 Å². The molecule has 118 valence electrons. The quantitative estimate of drug-likeness (QED) is 0.773. The Bertz CT molecular complexity index is 480. The minimum atomic E-state index is -0.643. The lowest BCUT2D eigenvalue weighted by Gasteiger charge is -2.18. The Kier molecular flexibility index (Phi) is 7.32. The van der Waals surface area contributed by atoms with E-state index in [2.05, 4.69) is 10.6 Å². The number of methoxy groups -OCH3 is 1. The Morgan fingerprint density at radius 3 is 2.62 bits per heavy atom. The van der Waals surface area contributed by atoms with Crippen molar-refractivity contribution in [2.45, 2.75) is 33.4 Å². The molecular weight excluding hydrogens is 292 g/mol. The first-order valence-electron chi connectivity index (χ1n) is 7.04. The van der Waals surface area contributed by atoms with E-state index in [1.807, 2.05) is 26.0 Å². The highest BCUT2D eigenvalue weighted by Crippen LogP contribution is 2.37. The van der Waals surface area contributed by atoms with Gasteiger partial charge in [-0.1, -0.05) is 18.5 Å². The van der Waals surface area contributed by atoms with Gasteiger partial charge in [-0.3, -0.25) is 4.79 Å². The van der Waals surface area contributed by atoms with Crippen LogP contribution in [0.25, 0.3) is 0 Å². The number of hydrogen-bond acceptors (Lipinski definition) is 4. The molecule has 0 saturated carbocycles. The average molecular weight is 315 g/mol. The summed E-state index contributed by atoms with van der Waals surface area (Å²) in [5, 5.41) is 6.35. The third kappa shape index (κ3) is 5.10. The molecule has 5 nitrogen and oxygen atoms in total. The maximum atomic E-state index is 11.7. The van der Waals surface area contributed by atoms with E-state index in [1.165, 1.54) is 0 Å². The molecule has 0 aliphatic rings. The lowest BCUT2D eigenvalue weighted by molar-refractivity contribution is -0.127. The molecule has 0 saturated heterocycles. The number of halogens is 1. The fourth-order valence-electron chi connectivity index (χ4n) is 1.81. The van der Waals surface area contributed by atoms with Gasteiger partial charge in [0.15, 0.2) is 17.6 Å². The van der Waals surface area contributed by atoms with Gasteiger partial charge in [-0.25, -0.2) is 0 Å². The van der Waals surface area contributed by atoms with E-state index >= 15 is 0 Å². The predicted molar refractivity (Wildman–Crippen MR) is 84.2 cm³/mol. The molecule has 0 aliphatic heterocycles. The van der Waals surface area contributed by atoms with Crippen LogP contribution in [0, 0.1) is 0 Å². The van der Waals surface area contributed by atoms with Crippen LogP contribution in [0.1, 0.15) is 26.3 Å². The van der Waals surface area contributed by atoms with Gasteiger partial charge in [0.2, 0.25) is 0 Å². The molecule has 0 fully saturated rings. The van der Waals surface area contributed by atoms with Crippen LogP contribution in [-0.2, 0) is 11.3 Å². The molecule has 1 atom stereocenters. The van der Waals surface area contributed by atoms with Gasteiger partial charge in [0, 0.05) is 13.1 Å². The van der Waals surface area contributed by atoms with Gasteiger partial charge in [0.1, 0.15) is 0 Å². The summed E-state index contributed by atoms with van der Waals surface area (Å²) in [5.74, 6) is 0.720. The maximum Gasteiger partial charge on any atom is 0.260 e. The Balaban J connectivity index is 2.93. The molecule has 0 aliphatic carbocycles. The number of nitrogens with one attached hydrogen (secondary N) is 2. The highest BCUT2D eigenvalue weighted by molar-refractivity contribution is 6.32. The van der Waals surface area contributed by atoms with Crippen LogP contribution in [0.4, 0.5) is 0 Å². The average Bonchev–Trinajstić information content (AvgIpc) is 2.47. The Morgan fingerprint density at radius 2 is 2.05 bits per heavy atom. The Hall–Kier alpha value is -1.46. The molecule has 0 bridgehead atoms. The summed E-state index contributed by atoms with van der Waals surface area (Å²) >= 11 is 6.25. The first kappa shape index (κ1) is 17.6. The lowest BCUT2D eigenvalue weighted by Crippen LogP contribution is -2.36. The van der Waals surface area contributed by atoms with E-state index in [4.69, 9.17) is 21.1 Å². The third-order valence-electron chi connectivity index (χ3n) is 2.88. The van der Waals surface area contributed by atoms with Gasteiger partial charge >= 0.3 is 0 Å². The summed E-state index contributed by atoms with van der Waals surface area (Å²) < 4.78 is 11.0. The maximum absolute atomic E-state index is 11.7. The van der Waals surface area contributed by atoms with Crippen LogP contribution in [0.15, 0.2) is 12.1 Å². The second kappa shape index (κ2) is 8.74. The van der Waals surface area contributed by atoms with Crippen LogP contribution >= 0.6 is 11.6 Å². The second-order valence-corrected chi connectivity index (χ2v) is 4.95. The van der Waals surface area contributed by atoms with Gasteiger partial charge in [0.05, 0.1) is 12.1 Å². The zero-order chi connectivity index (χ0) is 15.8. The van der Waals surface area contributed by atoms with Crippen molar-refractivity contribution in [3.63, 3.8) is 0 Å². The Labute approximate surface area is 131 Å². The summed E-state index contributed by atoms with van der Waals surface area (Å²) in [6, 6.07) is 3.67. The van der Waals surface area contributed by atoms with E-state index in [0.29, 0.717) is 29.6 Å². The first-order valence-corrected chi connectivity index (χ1v) is 7.42. The largest absolute Gasteiger partial charge is 0.493 e. The molecule has 1 aromatic rings. The summed E-state index contributed by atoms with van der Waals surface area (Å²) in [7, 11) is 1.55. The van der Waals surface area contributed by atoms with Crippen molar-refractivity contribution in [1.29, 1.82) is 0 Å². The third-order valence-corrected chi connectivity index (χ3v) is 3.16. The van der Waals surface area contributed by atoms with E-state index in [1.54, 1.807) is 14.0 Å². The number of amides is 1. The molecule has 21 heavy (non-hydrogen) atoms. The highest BCUT2D eigenvalue weighted by Gasteiger charge is 2.19. The van der Waals surface area contributed by atoms with Crippen molar-refractivity contribution >= 4 is 17.5 Å². The first-order chi connectivity index (χ1) is 10.0. The minimum Gasteiger partial charge on any atom is -0.493 e. The normalized spacial score (nSPS) is 11.9. The van der Waals surface area contributed by atoms with E-state index < -0.39 is 6.10 Å². The number of benzene rings is 1. The van der Waals surface area contributed by atoms with E-state index in [-0.39, 0.29) is 5.91 Å². The fraction of sp³-hybridized carbons (Fsp3) is 0.533. The topological polar surface area (TPSA) is 59.6 Å². The molecular formula is C15H23ClN2O3. The number of carbonyl (C=O) groups is 1. The minimum absolute atomic E-state index is 0.188. The van der Waals surface area contributed by atoms with Gasteiger partial charge in [-0.05, 0) is 38.1 Å². The molecule has 0 aromatic heterocycles. The van der Waals surface area contributed by atoms with Crippen LogP contribution in [0.2, 0.25) is 5.02 Å². The predicted octanol–water partition coefficient (Wildman–Crippen LogP) is 2.36.